The number of urea groups is 1. The van der Waals surface area contributed by atoms with Gasteiger partial charge in [-0.1, -0.05) is 0 Å². The lowest BCUT2D eigenvalue weighted by Crippen LogP contribution is -2.37. The van der Waals surface area contributed by atoms with Gasteiger partial charge in [-0.3, -0.25) is 5.32 Å². The van der Waals surface area contributed by atoms with Crippen molar-refractivity contribution in [3.05, 3.63) is 12.1 Å². The summed E-state index contributed by atoms with van der Waals surface area (Å²) in [5.41, 5.74) is 1.93. The summed E-state index contributed by atoms with van der Waals surface area (Å²) in [5, 5.41) is 10.5. The van der Waals surface area contributed by atoms with Gasteiger partial charge in [0.05, 0.1) is 0 Å². The molecule has 0 aromatic carbocycles. The Bertz CT molecular complexity index is 141. The molecule has 0 saturated carbocycles. The first-order valence-electron chi connectivity index (χ1n) is 1.91. The molecule has 0 aliphatic carbocycles. The van der Waals surface area contributed by atoms with Gasteiger partial charge in [0.1, 0.15) is 0 Å². The highest BCUT2D eigenvalue weighted by molar-refractivity contribution is 5.74. The molecule has 0 spiro atoms. The summed E-state index contributed by atoms with van der Waals surface area (Å²) in [6.45, 7) is 0. The molecule has 0 bridgehead atoms. The molecule has 0 unspecified atom stereocenters. The summed E-state index contributed by atoms with van der Waals surface area (Å²) < 4.78 is 0. The van der Waals surface area contributed by atoms with E-state index in [1.54, 1.807) is 0 Å². The zero-order chi connectivity index (χ0) is 5.98. The Labute approximate surface area is 44.9 Å². The Kier molecular flexibility index (Phi) is 0.957. The molecule has 0 aromatic heterocycles. The van der Waals surface area contributed by atoms with Gasteiger partial charge in [0.2, 0.25) is 5.88 Å². The van der Waals surface area contributed by atoms with Gasteiger partial charge in [0.25, 0.3) is 0 Å². The van der Waals surface area contributed by atoms with Crippen LogP contribution in [0.3, 0.4) is 0 Å². The minimum absolute atomic E-state index is 0.297. The van der Waals surface area contributed by atoms with Crippen LogP contribution in [0.5, 0.6) is 0 Å². The van der Waals surface area contributed by atoms with Gasteiger partial charge in [-0.15, -0.1) is 0 Å². The quantitative estimate of drug-likeness (QED) is 0.402. The van der Waals surface area contributed by atoms with E-state index in [1.807, 2.05) is 10.8 Å². The van der Waals surface area contributed by atoms with Crippen molar-refractivity contribution in [1.82, 2.24) is 10.8 Å². The number of amides is 2. The van der Waals surface area contributed by atoms with Crippen molar-refractivity contribution in [2.45, 2.75) is 0 Å². The second-order valence-electron chi connectivity index (χ2n) is 1.18. The number of nitrogens with one attached hydrogen (secondary N) is 2. The van der Waals surface area contributed by atoms with Crippen molar-refractivity contribution < 1.29 is 14.7 Å². The Morgan fingerprint density at radius 3 is 2.88 bits per heavy atom. The zero-order valence-electron chi connectivity index (χ0n) is 3.84. The number of hydrogen-bond donors (Lipinski definition) is 3. The monoisotopic (exact) mass is 116 g/mol. The topological polar surface area (TPSA) is 70.6 Å². The third-order valence-corrected chi connectivity index (χ3v) is 0.564. The SMILES string of the molecule is O=C1NOC=C(O)N1. The molecule has 3 N–H and O–H groups in total. The first-order chi connectivity index (χ1) is 3.79. The van der Waals surface area contributed by atoms with Crippen molar-refractivity contribution in [2.75, 3.05) is 0 Å². The summed E-state index contributed by atoms with van der Waals surface area (Å²) in [4.78, 5) is 14.3. The molecule has 1 aliphatic heterocycles. The van der Waals surface area contributed by atoms with Crippen molar-refractivity contribution in [2.24, 2.45) is 0 Å². The van der Waals surface area contributed by atoms with E-state index in [2.05, 4.69) is 4.84 Å². The third kappa shape index (κ3) is 0.810. The number of hydrogen-bond acceptors (Lipinski definition) is 3. The molecular weight excluding hydrogens is 112 g/mol. The Morgan fingerprint density at radius 1 is 1.75 bits per heavy atom. The van der Waals surface area contributed by atoms with Crippen LogP contribution in [-0.2, 0) is 4.84 Å². The second-order valence-corrected chi connectivity index (χ2v) is 1.18. The largest absolute Gasteiger partial charge is 0.492 e. The number of carbonyl (C=O) groups excluding carboxylic acids is 1. The molecule has 0 radical (unpaired) electrons. The van der Waals surface area contributed by atoms with Crippen molar-refractivity contribution >= 4 is 6.03 Å². The van der Waals surface area contributed by atoms with Crippen LogP contribution in [0.4, 0.5) is 4.79 Å². The Hall–Kier alpha value is -1.39. The highest BCUT2D eigenvalue weighted by atomic mass is 16.7. The number of rotatable bonds is 0. The van der Waals surface area contributed by atoms with Gasteiger partial charge < -0.3 is 9.94 Å². The normalized spacial score (nSPS) is 17.5. The van der Waals surface area contributed by atoms with Crippen LogP contribution in [0.25, 0.3) is 0 Å². The van der Waals surface area contributed by atoms with E-state index in [1.165, 1.54) is 0 Å². The molecular formula is C3H4N2O3. The van der Waals surface area contributed by atoms with Gasteiger partial charge in [0, 0.05) is 0 Å². The maximum absolute atomic E-state index is 10.1. The minimum Gasteiger partial charge on any atom is -0.492 e. The van der Waals surface area contributed by atoms with Crippen LogP contribution < -0.4 is 10.8 Å². The molecule has 0 fully saturated rings. The molecule has 8 heavy (non-hydrogen) atoms. The van der Waals surface area contributed by atoms with Crippen LogP contribution in [-0.4, -0.2) is 11.1 Å². The lowest BCUT2D eigenvalue weighted by atomic mass is 10.8. The van der Waals surface area contributed by atoms with Crippen LogP contribution in [0.2, 0.25) is 0 Å². The van der Waals surface area contributed by atoms with Crippen molar-refractivity contribution in [3.63, 3.8) is 0 Å². The highest BCUT2D eigenvalue weighted by Gasteiger charge is 2.06. The van der Waals surface area contributed by atoms with Crippen LogP contribution >= 0.6 is 0 Å². The van der Waals surface area contributed by atoms with E-state index >= 15 is 0 Å². The first kappa shape index (κ1) is 4.76. The molecule has 5 heteroatoms. The van der Waals surface area contributed by atoms with Gasteiger partial charge in [0.15, 0.2) is 6.26 Å². The summed E-state index contributed by atoms with van der Waals surface area (Å²) in [5.74, 6) is -0.297. The number of hydroxylamine groups is 1. The molecule has 2 amide bonds. The van der Waals surface area contributed by atoms with Crippen LogP contribution in [0, 0.1) is 0 Å². The Balaban J connectivity index is 2.57. The first-order valence-corrected chi connectivity index (χ1v) is 1.91. The summed E-state index contributed by atoms with van der Waals surface area (Å²) in [7, 11) is 0. The average molecular weight is 116 g/mol. The predicted molar refractivity (Wildman–Crippen MR) is 23.5 cm³/mol. The van der Waals surface area contributed by atoms with E-state index in [9.17, 15) is 4.79 Å². The summed E-state index contributed by atoms with van der Waals surface area (Å²) in [6.07, 6.45) is 0.974. The fourth-order valence-corrected chi connectivity index (χ4v) is 0.310. The highest BCUT2D eigenvalue weighted by Crippen LogP contribution is 1.86. The second kappa shape index (κ2) is 1.61. The fraction of sp³-hybridized carbons (Fsp3) is 0. The van der Waals surface area contributed by atoms with E-state index in [4.69, 9.17) is 5.11 Å². The smallest absolute Gasteiger partial charge is 0.354 e. The lowest BCUT2D eigenvalue weighted by molar-refractivity contribution is 0.113. The predicted octanol–water partition coefficient (Wildman–Crippen LogP) is -0.412. The van der Waals surface area contributed by atoms with Crippen LogP contribution in [0.15, 0.2) is 12.1 Å². The molecule has 5 nitrogen and oxygen atoms in total. The molecule has 0 saturated heterocycles. The third-order valence-electron chi connectivity index (χ3n) is 0.564. The standard InChI is InChI=1S/C3H4N2O3/c6-2-1-8-5-3(7)4-2/h1,6H,(H2,4,5,7). The van der Waals surface area contributed by atoms with Gasteiger partial charge in [-0.2, -0.15) is 5.48 Å². The van der Waals surface area contributed by atoms with Gasteiger partial charge in [-0.25, -0.2) is 4.79 Å². The minimum atomic E-state index is -0.579. The zero-order valence-corrected chi connectivity index (χ0v) is 3.84. The number of aliphatic hydroxyl groups is 1. The van der Waals surface area contributed by atoms with E-state index in [0.29, 0.717) is 0 Å². The lowest BCUT2D eigenvalue weighted by Gasteiger charge is -2.09. The summed E-state index contributed by atoms with van der Waals surface area (Å²) >= 11 is 0. The van der Waals surface area contributed by atoms with E-state index in [0.717, 1.165) is 6.26 Å². The molecule has 1 heterocycles. The van der Waals surface area contributed by atoms with Gasteiger partial charge in [-0.05, 0) is 0 Å². The van der Waals surface area contributed by atoms with Crippen molar-refractivity contribution in [1.29, 1.82) is 0 Å². The fourth-order valence-electron chi connectivity index (χ4n) is 0.310. The van der Waals surface area contributed by atoms with Crippen LogP contribution in [0.1, 0.15) is 0 Å². The molecule has 1 rings (SSSR count). The number of aliphatic hydroxyl groups excluding tert-OH is 1. The maximum atomic E-state index is 10.1. The molecule has 44 valence electrons. The van der Waals surface area contributed by atoms with Gasteiger partial charge >= 0.3 is 6.03 Å². The average Bonchev–Trinajstić information content (AvgIpc) is 1.64. The summed E-state index contributed by atoms with van der Waals surface area (Å²) in [6, 6.07) is -0.579. The molecule has 1 aliphatic rings. The molecule has 0 atom stereocenters. The van der Waals surface area contributed by atoms with E-state index < -0.39 is 6.03 Å². The van der Waals surface area contributed by atoms with Crippen molar-refractivity contribution in [3.8, 4) is 0 Å². The maximum Gasteiger partial charge on any atom is 0.354 e. The molecule has 0 aromatic rings. The number of carbonyl (C=O) groups is 1. The van der Waals surface area contributed by atoms with E-state index in [-0.39, 0.29) is 5.88 Å². The Morgan fingerprint density at radius 2 is 2.50 bits per heavy atom.